The predicted octanol–water partition coefficient (Wildman–Crippen LogP) is 1.42. The molecule has 2 saturated heterocycles. The van der Waals surface area contributed by atoms with Gasteiger partial charge in [-0.3, -0.25) is 14.4 Å². The standard InChI is InChI=1S/C13H19N3O/c1-9-10(7-15(2)14-9)8-16-11-3-4-12(16)6-13(17)5-11/h7,11-12H,3-6,8H2,1-2H3. The Kier molecular flexibility index (Phi) is 2.54. The second-order valence-electron chi connectivity index (χ2n) is 5.42. The maximum atomic E-state index is 11.5. The fourth-order valence-electron chi connectivity index (χ4n) is 3.32. The van der Waals surface area contributed by atoms with E-state index in [2.05, 4.69) is 23.1 Å². The van der Waals surface area contributed by atoms with Crippen LogP contribution in [0.3, 0.4) is 0 Å². The van der Waals surface area contributed by atoms with Crippen LogP contribution in [0.15, 0.2) is 6.20 Å². The molecule has 0 amide bonds. The molecule has 92 valence electrons. The van der Waals surface area contributed by atoms with Gasteiger partial charge in [0.1, 0.15) is 5.78 Å². The van der Waals surface area contributed by atoms with Gasteiger partial charge in [-0.1, -0.05) is 0 Å². The van der Waals surface area contributed by atoms with Gasteiger partial charge in [0.2, 0.25) is 0 Å². The number of aryl methyl sites for hydroxylation is 2. The van der Waals surface area contributed by atoms with Gasteiger partial charge in [-0.25, -0.2) is 0 Å². The van der Waals surface area contributed by atoms with Crippen LogP contribution < -0.4 is 0 Å². The maximum absolute atomic E-state index is 11.5. The van der Waals surface area contributed by atoms with Gasteiger partial charge in [-0.15, -0.1) is 0 Å². The van der Waals surface area contributed by atoms with Crippen LogP contribution in [-0.2, 0) is 18.4 Å². The molecule has 0 N–H and O–H groups in total. The van der Waals surface area contributed by atoms with E-state index in [4.69, 9.17) is 0 Å². The van der Waals surface area contributed by atoms with Crippen molar-refractivity contribution in [1.82, 2.24) is 14.7 Å². The maximum Gasteiger partial charge on any atom is 0.136 e. The van der Waals surface area contributed by atoms with Crippen molar-refractivity contribution in [3.05, 3.63) is 17.5 Å². The molecular weight excluding hydrogens is 214 g/mol. The predicted molar refractivity (Wildman–Crippen MR) is 64.5 cm³/mol. The molecule has 3 heterocycles. The molecule has 2 fully saturated rings. The largest absolute Gasteiger partial charge is 0.300 e. The van der Waals surface area contributed by atoms with Crippen LogP contribution in [-0.4, -0.2) is 32.5 Å². The monoisotopic (exact) mass is 233 g/mol. The number of carbonyl (C=O) groups excluding carboxylic acids is 1. The Balaban J connectivity index is 1.78. The van der Waals surface area contributed by atoms with Crippen molar-refractivity contribution in [2.45, 2.75) is 51.2 Å². The van der Waals surface area contributed by atoms with Crippen molar-refractivity contribution in [2.24, 2.45) is 7.05 Å². The van der Waals surface area contributed by atoms with Gasteiger partial charge in [0.25, 0.3) is 0 Å². The second kappa shape index (κ2) is 3.95. The highest BCUT2D eigenvalue weighted by Crippen LogP contribution is 2.35. The van der Waals surface area contributed by atoms with E-state index in [1.807, 2.05) is 11.7 Å². The minimum atomic E-state index is 0.455. The highest BCUT2D eigenvalue weighted by Gasteiger charge is 2.40. The number of hydrogen-bond donors (Lipinski definition) is 0. The average Bonchev–Trinajstić information content (AvgIpc) is 2.68. The molecule has 2 aliphatic rings. The first kappa shape index (κ1) is 11.0. The Hall–Kier alpha value is -1.16. The molecule has 4 nitrogen and oxygen atoms in total. The van der Waals surface area contributed by atoms with Gasteiger partial charge in [0.05, 0.1) is 5.69 Å². The summed E-state index contributed by atoms with van der Waals surface area (Å²) in [5.41, 5.74) is 2.42. The fourth-order valence-corrected chi connectivity index (χ4v) is 3.32. The number of aromatic nitrogens is 2. The van der Waals surface area contributed by atoms with E-state index in [0.717, 1.165) is 25.1 Å². The Bertz CT molecular complexity index is 436. The molecule has 0 spiro atoms. The van der Waals surface area contributed by atoms with E-state index in [9.17, 15) is 4.79 Å². The summed E-state index contributed by atoms with van der Waals surface area (Å²) in [5, 5.41) is 4.39. The lowest BCUT2D eigenvalue weighted by Crippen LogP contribution is -2.42. The summed E-state index contributed by atoms with van der Waals surface area (Å²) < 4.78 is 1.88. The van der Waals surface area contributed by atoms with Crippen molar-refractivity contribution in [1.29, 1.82) is 0 Å². The third-order valence-electron chi connectivity index (χ3n) is 4.17. The third-order valence-corrected chi connectivity index (χ3v) is 4.17. The van der Waals surface area contributed by atoms with Crippen LogP contribution in [0.25, 0.3) is 0 Å². The number of rotatable bonds is 2. The molecule has 2 atom stereocenters. The number of ketones is 1. The zero-order valence-electron chi connectivity index (χ0n) is 10.5. The molecule has 4 heteroatoms. The van der Waals surface area contributed by atoms with Crippen LogP contribution >= 0.6 is 0 Å². The molecule has 2 unspecified atom stereocenters. The summed E-state index contributed by atoms with van der Waals surface area (Å²) in [6.07, 6.45) is 6.00. The number of fused-ring (bicyclic) bond motifs is 2. The van der Waals surface area contributed by atoms with Crippen LogP contribution in [0.2, 0.25) is 0 Å². The highest BCUT2D eigenvalue weighted by molar-refractivity contribution is 5.80. The van der Waals surface area contributed by atoms with Crippen LogP contribution in [0.1, 0.15) is 36.9 Å². The quantitative estimate of drug-likeness (QED) is 0.775. The van der Waals surface area contributed by atoms with Crippen LogP contribution in [0.4, 0.5) is 0 Å². The number of Topliss-reactive ketones (excluding diaryl/α,β-unsaturated/α-hetero) is 1. The molecule has 17 heavy (non-hydrogen) atoms. The third kappa shape index (κ3) is 1.90. The van der Waals surface area contributed by atoms with E-state index in [-0.39, 0.29) is 0 Å². The van der Waals surface area contributed by atoms with Crippen molar-refractivity contribution in [3.63, 3.8) is 0 Å². The summed E-state index contributed by atoms with van der Waals surface area (Å²) in [4.78, 5) is 14.1. The molecule has 0 saturated carbocycles. The molecule has 0 aromatic carbocycles. The molecule has 2 bridgehead atoms. The topological polar surface area (TPSA) is 38.1 Å². The van der Waals surface area contributed by atoms with E-state index in [1.54, 1.807) is 0 Å². The smallest absolute Gasteiger partial charge is 0.136 e. The van der Waals surface area contributed by atoms with Gasteiger partial charge in [-0.2, -0.15) is 5.10 Å². The molecular formula is C13H19N3O. The number of carbonyl (C=O) groups is 1. The summed E-state index contributed by atoms with van der Waals surface area (Å²) in [5.74, 6) is 0.455. The van der Waals surface area contributed by atoms with Gasteiger partial charge < -0.3 is 0 Å². The Morgan fingerprint density at radius 3 is 2.53 bits per heavy atom. The fraction of sp³-hybridized carbons (Fsp3) is 0.692. The minimum absolute atomic E-state index is 0.455. The van der Waals surface area contributed by atoms with Gasteiger partial charge >= 0.3 is 0 Å². The average molecular weight is 233 g/mol. The van der Waals surface area contributed by atoms with Crippen molar-refractivity contribution in [2.75, 3.05) is 0 Å². The molecule has 2 aliphatic heterocycles. The Labute approximate surface area is 102 Å². The Morgan fingerprint density at radius 1 is 1.35 bits per heavy atom. The van der Waals surface area contributed by atoms with Crippen LogP contribution in [0.5, 0.6) is 0 Å². The highest BCUT2D eigenvalue weighted by atomic mass is 16.1. The summed E-state index contributed by atoms with van der Waals surface area (Å²) in [6, 6.07) is 0.974. The first-order valence-electron chi connectivity index (χ1n) is 6.40. The first-order valence-corrected chi connectivity index (χ1v) is 6.40. The second-order valence-corrected chi connectivity index (χ2v) is 5.42. The molecule has 1 aromatic rings. The lowest BCUT2D eigenvalue weighted by atomic mass is 10.0. The molecule has 0 radical (unpaired) electrons. The minimum Gasteiger partial charge on any atom is -0.300 e. The summed E-state index contributed by atoms with van der Waals surface area (Å²) in [6.45, 7) is 3.02. The normalized spacial score (nSPS) is 28.9. The van der Waals surface area contributed by atoms with Gasteiger partial charge in [0, 0.05) is 50.3 Å². The molecule has 0 aliphatic carbocycles. The Morgan fingerprint density at radius 2 is 2.00 bits per heavy atom. The number of hydrogen-bond acceptors (Lipinski definition) is 3. The van der Waals surface area contributed by atoms with E-state index in [1.165, 1.54) is 18.4 Å². The van der Waals surface area contributed by atoms with Crippen molar-refractivity contribution < 1.29 is 4.79 Å². The molecule has 3 rings (SSSR count). The number of nitrogens with zero attached hydrogens (tertiary/aromatic N) is 3. The van der Waals surface area contributed by atoms with E-state index >= 15 is 0 Å². The zero-order valence-corrected chi connectivity index (χ0v) is 10.5. The van der Waals surface area contributed by atoms with Crippen molar-refractivity contribution in [3.8, 4) is 0 Å². The van der Waals surface area contributed by atoms with E-state index < -0.39 is 0 Å². The molecule has 1 aromatic heterocycles. The number of piperidine rings is 1. The van der Waals surface area contributed by atoms with E-state index in [0.29, 0.717) is 17.9 Å². The van der Waals surface area contributed by atoms with Crippen LogP contribution in [0, 0.1) is 6.92 Å². The van der Waals surface area contributed by atoms with Gasteiger partial charge in [0.15, 0.2) is 0 Å². The van der Waals surface area contributed by atoms with Gasteiger partial charge in [-0.05, 0) is 19.8 Å². The first-order chi connectivity index (χ1) is 8.13. The lowest BCUT2D eigenvalue weighted by Gasteiger charge is -2.33. The SMILES string of the molecule is Cc1nn(C)cc1CN1C2CCC1CC(=O)C2. The lowest BCUT2D eigenvalue weighted by molar-refractivity contribution is -0.123. The summed E-state index contributed by atoms with van der Waals surface area (Å²) >= 11 is 0. The van der Waals surface area contributed by atoms with Crippen molar-refractivity contribution >= 4 is 5.78 Å². The zero-order chi connectivity index (χ0) is 12.0. The summed E-state index contributed by atoms with van der Waals surface area (Å²) in [7, 11) is 1.96.